The molecule has 0 rings (SSSR count). The van der Waals surface area contributed by atoms with Crippen LogP contribution in [0, 0.1) is 0 Å². The molecule has 334 valence electrons. The summed E-state index contributed by atoms with van der Waals surface area (Å²) >= 11 is 0. The van der Waals surface area contributed by atoms with E-state index >= 15 is 0 Å². The Morgan fingerprint density at radius 3 is 0.321 bits per heavy atom. The first kappa shape index (κ1) is 55.5. The number of unbranched alkanes of at least 4 members (excludes halogenated alkanes) is 49. The maximum atomic E-state index is 2.31. The molecule has 0 bridgehead atoms. The Bertz CT molecular complexity index is 641. The lowest BCUT2D eigenvalue weighted by Crippen LogP contribution is -1.85. The van der Waals surface area contributed by atoms with Crippen LogP contribution in [0.2, 0.25) is 0 Å². The van der Waals surface area contributed by atoms with Crippen LogP contribution >= 0.6 is 0 Å². The highest BCUT2D eigenvalue weighted by Gasteiger charge is 1.99. The third-order valence-corrected chi connectivity index (χ3v) is 13.0. The van der Waals surface area contributed by atoms with Gasteiger partial charge in [0, 0.05) is 0 Å². The quantitative estimate of drug-likeness (QED) is 0.0426. The highest BCUT2D eigenvalue weighted by Crippen LogP contribution is 2.19. The number of rotatable bonds is 51. The van der Waals surface area contributed by atoms with Crippen LogP contribution in [0.25, 0.3) is 0 Å². The van der Waals surface area contributed by atoms with Gasteiger partial charge in [-0.2, -0.15) is 0 Å². The second-order valence-corrected chi connectivity index (χ2v) is 18.7. The summed E-state index contributed by atoms with van der Waals surface area (Å²) in [7, 11) is 0. The van der Waals surface area contributed by atoms with E-state index in [2.05, 4.69) is 38.2 Å². The minimum absolute atomic E-state index is 1.29. The second kappa shape index (κ2) is 54.5. The zero-order valence-electron chi connectivity index (χ0n) is 39.7. The minimum atomic E-state index is 1.29. The van der Waals surface area contributed by atoms with E-state index in [1.807, 2.05) is 0 Å². The second-order valence-electron chi connectivity index (χ2n) is 18.7. The van der Waals surface area contributed by atoms with E-state index in [0.29, 0.717) is 0 Å². The smallest absolute Gasteiger partial charge is 0.0351 e. The normalized spacial score (nSPS) is 12.0. The summed E-state index contributed by atoms with van der Waals surface area (Å²) in [5, 5.41) is 0. The molecule has 0 atom stereocenters. The Kier molecular flexibility index (Phi) is 54.0. The molecule has 0 radical (unpaired) electrons. The summed E-state index contributed by atoms with van der Waals surface area (Å²) in [6.07, 6.45) is 82.7. The number of hydrogen-bond donors (Lipinski definition) is 0. The van der Waals surface area contributed by atoms with E-state index in [4.69, 9.17) is 0 Å². The van der Waals surface area contributed by atoms with E-state index in [9.17, 15) is 0 Å². The summed E-state index contributed by atoms with van der Waals surface area (Å²) in [5.41, 5.74) is 0. The Labute approximate surface area is 357 Å². The molecular weight excluding hydrogens is 673 g/mol. The zero-order valence-corrected chi connectivity index (χ0v) is 39.7. The molecular formula is C56H110. The lowest BCUT2D eigenvalue weighted by Gasteiger charge is -2.05. The molecule has 0 heterocycles. The van der Waals surface area contributed by atoms with Crippen LogP contribution in [-0.4, -0.2) is 0 Å². The van der Waals surface area contributed by atoms with Crippen molar-refractivity contribution in [1.82, 2.24) is 0 Å². The molecule has 0 amide bonds. The molecule has 0 unspecified atom stereocenters. The third-order valence-electron chi connectivity index (χ3n) is 13.0. The monoisotopic (exact) mass is 783 g/mol. The fraction of sp³-hybridized carbons (Fsp3) is 0.929. The van der Waals surface area contributed by atoms with Crippen LogP contribution in [0.15, 0.2) is 24.3 Å². The third kappa shape index (κ3) is 53.5. The molecule has 0 heteroatoms. The summed E-state index contributed by atoms with van der Waals surface area (Å²) < 4.78 is 0. The van der Waals surface area contributed by atoms with Gasteiger partial charge in [-0.25, -0.2) is 0 Å². The average molecular weight is 783 g/mol. The Balaban J connectivity index is 3.06. The molecule has 0 nitrogen and oxygen atoms in total. The first-order valence-corrected chi connectivity index (χ1v) is 27.1. The molecule has 0 aromatic carbocycles. The minimum Gasteiger partial charge on any atom is -0.0917 e. The van der Waals surface area contributed by atoms with Gasteiger partial charge in [0.1, 0.15) is 0 Å². The molecule has 0 saturated heterocycles. The number of allylic oxidation sites excluding steroid dienone is 4. The molecule has 0 spiro atoms. The van der Waals surface area contributed by atoms with Crippen LogP contribution < -0.4 is 0 Å². The molecule has 0 N–H and O–H groups in total. The van der Waals surface area contributed by atoms with Gasteiger partial charge in [0.15, 0.2) is 0 Å². The fourth-order valence-corrected chi connectivity index (χ4v) is 8.99. The Morgan fingerprint density at radius 1 is 0.143 bits per heavy atom. The predicted octanol–water partition coefficient (Wildman–Crippen LogP) is 21.6. The van der Waals surface area contributed by atoms with Crippen molar-refractivity contribution in [3.8, 4) is 0 Å². The van der Waals surface area contributed by atoms with E-state index in [-0.39, 0.29) is 0 Å². The van der Waals surface area contributed by atoms with Gasteiger partial charge in [0.2, 0.25) is 0 Å². The van der Waals surface area contributed by atoms with Crippen LogP contribution in [0.1, 0.15) is 335 Å². The van der Waals surface area contributed by atoms with Gasteiger partial charge in [-0.05, 0) is 39.5 Å². The van der Waals surface area contributed by atoms with Crippen molar-refractivity contribution in [3.63, 3.8) is 0 Å². The molecule has 0 aliphatic rings. The molecule has 0 saturated carbocycles. The van der Waals surface area contributed by atoms with Crippen molar-refractivity contribution in [2.75, 3.05) is 0 Å². The van der Waals surface area contributed by atoms with Crippen LogP contribution in [0.5, 0.6) is 0 Å². The fourth-order valence-electron chi connectivity index (χ4n) is 8.99. The average Bonchev–Trinajstić information content (AvgIpc) is 3.21. The van der Waals surface area contributed by atoms with Gasteiger partial charge >= 0.3 is 0 Å². The van der Waals surface area contributed by atoms with E-state index in [1.165, 1.54) is 321 Å². The summed E-state index contributed by atoms with van der Waals surface area (Å²) in [5.74, 6) is 0. The van der Waals surface area contributed by atoms with Gasteiger partial charge in [-0.1, -0.05) is 320 Å². The molecule has 56 heavy (non-hydrogen) atoms. The first-order valence-electron chi connectivity index (χ1n) is 27.1. The molecule has 0 fully saturated rings. The molecule has 0 aliphatic heterocycles. The highest BCUT2D eigenvalue weighted by atomic mass is 14.1. The summed E-state index contributed by atoms with van der Waals surface area (Å²) in [6.45, 7) is 4.27. The topological polar surface area (TPSA) is 0 Å². The highest BCUT2D eigenvalue weighted by molar-refractivity contribution is 4.76. The van der Waals surface area contributed by atoms with Gasteiger partial charge in [-0.3, -0.25) is 0 Å². The summed E-state index contributed by atoms with van der Waals surface area (Å²) in [6, 6.07) is 0. The predicted molar refractivity (Wildman–Crippen MR) is 260 cm³/mol. The molecule has 0 aromatic heterocycles. The SMILES string of the molecule is CC=CCCCCCCCCCCCCCCCCCCCCCCCCCCCCCCCCCCCCCCCCCCCCCCCCCCC=CC. The van der Waals surface area contributed by atoms with Crippen LogP contribution in [-0.2, 0) is 0 Å². The Morgan fingerprint density at radius 2 is 0.232 bits per heavy atom. The van der Waals surface area contributed by atoms with E-state index < -0.39 is 0 Å². The van der Waals surface area contributed by atoms with Gasteiger partial charge in [-0.15, -0.1) is 0 Å². The number of hydrogen-bond acceptors (Lipinski definition) is 0. The Hall–Kier alpha value is -0.520. The van der Waals surface area contributed by atoms with E-state index in [0.717, 1.165) is 0 Å². The zero-order chi connectivity index (χ0) is 40.2. The van der Waals surface area contributed by atoms with Crippen LogP contribution in [0.4, 0.5) is 0 Å². The van der Waals surface area contributed by atoms with E-state index in [1.54, 1.807) is 0 Å². The first-order chi connectivity index (χ1) is 27.9. The van der Waals surface area contributed by atoms with Crippen molar-refractivity contribution >= 4 is 0 Å². The van der Waals surface area contributed by atoms with Crippen molar-refractivity contribution < 1.29 is 0 Å². The lowest BCUT2D eigenvalue weighted by atomic mass is 10.0. The summed E-state index contributed by atoms with van der Waals surface area (Å²) in [4.78, 5) is 0. The van der Waals surface area contributed by atoms with Gasteiger partial charge in [0.05, 0.1) is 0 Å². The van der Waals surface area contributed by atoms with Crippen molar-refractivity contribution in [3.05, 3.63) is 24.3 Å². The van der Waals surface area contributed by atoms with Crippen molar-refractivity contribution in [2.24, 2.45) is 0 Å². The lowest BCUT2D eigenvalue weighted by molar-refractivity contribution is 0.508. The molecule has 0 aromatic rings. The van der Waals surface area contributed by atoms with Crippen molar-refractivity contribution in [1.29, 1.82) is 0 Å². The van der Waals surface area contributed by atoms with Gasteiger partial charge < -0.3 is 0 Å². The van der Waals surface area contributed by atoms with Crippen molar-refractivity contribution in [2.45, 2.75) is 335 Å². The van der Waals surface area contributed by atoms with Gasteiger partial charge in [0.25, 0.3) is 0 Å². The molecule has 0 aliphatic carbocycles. The maximum Gasteiger partial charge on any atom is -0.0351 e. The maximum absolute atomic E-state index is 2.31. The standard InChI is InChI=1S/C56H110/c1-3-5-7-9-11-13-15-17-19-21-23-25-27-29-31-33-35-37-39-41-43-45-47-49-51-53-55-56-54-52-50-48-46-44-42-40-38-36-34-32-30-28-26-24-22-20-18-16-14-12-10-8-6-4-2/h3-6H,7-56H2,1-2H3. The largest absolute Gasteiger partial charge is 0.0917 e. The van der Waals surface area contributed by atoms with Crippen LogP contribution in [0.3, 0.4) is 0 Å².